The van der Waals surface area contributed by atoms with Crippen molar-refractivity contribution >= 4 is 16.2 Å². The summed E-state index contributed by atoms with van der Waals surface area (Å²) in [6.07, 6.45) is 0.101. The molecule has 0 saturated carbocycles. The van der Waals surface area contributed by atoms with Gasteiger partial charge in [0.2, 0.25) is 0 Å². The van der Waals surface area contributed by atoms with Gasteiger partial charge in [-0.25, -0.2) is 13.7 Å². The van der Waals surface area contributed by atoms with Crippen molar-refractivity contribution in [2.24, 2.45) is 0 Å². The molecule has 2 rings (SSSR count). The summed E-state index contributed by atoms with van der Waals surface area (Å²) >= 11 is 0. The Balaban J connectivity index is 2.16. The highest BCUT2D eigenvalue weighted by molar-refractivity contribution is 7.80. The second kappa shape index (κ2) is 7.31. The van der Waals surface area contributed by atoms with Gasteiger partial charge in [-0.15, -0.1) is 0 Å². The van der Waals surface area contributed by atoms with Crippen LogP contribution in [0.4, 0.5) is 5.82 Å². The van der Waals surface area contributed by atoms with Crippen molar-refractivity contribution in [1.29, 1.82) is 0 Å². The maximum Gasteiger partial charge on any atom is 0.397 e. The fourth-order valence-corrected chi connectivity index (χ4v) is 2.86. The molecule has 130 valence electrons. The lowest BCUT2D eigenvalue weighted by molar-refractivity contribution is -0.392. The van der Waals surface area contributed by atoms with Crippen molar-refractivity contribution in [3.63, 3.8) is 0 Å². The van der Waals surface area contributed by atoms with E-state index in [0.717, 1.165) is 6.20 Å². The van der Waals surface area contributed by atoms with Crippen molar-refractivity contribution in [2.45, 2.75) is 19.6 Å². The van der Waals surface area contributed by atoms with Gasteiger partial charge in [0.15, 0.2) is 5.82 Å². The second-order valence-corrected chi connectivity index (χ2v) is 6.14. The van der Waals surface area contributed by atoms with Gasteiger partial charge in [0.25, 0.3) is 0 Å². The number of aromatic nitrogens is 2. The molecule has 11 nitrogen and oxygen atoms in total. The number of hydrogen-bond donors (Lipinski definition) is 1. The molecule has 1 unspecified atom stereocenters. The molecule has 0 amide bonds. The highest BCUT2D eigenvalue weighted by Crippen LogP contribution is 2.16. The Morgan fingerprint density at radius 1 is 1.48 bits per heavy atom. The van der Waals surface area contributed by atoms with Crippen LogP contribution < -0.4 is 0 Å². The maximum atomic E-state index is 11.0. The monoisotopic (exact) mass is 350 g/mol. The van der Waals surface area contributed by atoms with Crippen molar-refractivity contribution in [3.05, 3.63) is 22.1 Å². The van der Waals surface area contributed by atoms with Gasteiger partial charge < -0.3 is 14.9 Å². The molecule has 0 aliphatic carbocycles. The highest BCUT2D eigenvalue weighted by Gasteiger charge is 2.27. The summed E-state index contributed by atoms with van der Waals surface area (Å²) in [5.74, 6) is 0.0797. The lowest BCUT2D eigenvalue weighted by atomic mass is 10.3. The summed E-state index contributed by atoms with van der Waals surface area (Å²) in [5, 5.41) is 11.0. The Bertz CT molecular complexity index is 653. The van der Waals surface area contributed by atoms with Crippen molar-refractivity contribution in [1.82, 2.24) is 14.5 Å². The minimum absolute atomic E-state index is 0.126. The van der Waals surface area contributed by atoms with Gasteiger partial charge in [-0.2, -0.15) is 8.42 Å². The van der Waals surface area contributed by atoms with Crippen LogP contribution in [0, 0.1) is 17.0 Å². The molecular formula is C11H18N4O7S. The first-order valence-electron chi connectivity index (χ1n) is 6.88. The number of ether oxygens (including phenoxy) is 1. The van der Waals surface area contributed by atoms with Gasteiger partial charge in [0, 0.05) is 26.6 Å². The van der Waals surface area contributed by atoms with E-state index in [1.54, 1.807) is 6.92 Å². The van der Waals surface area contributed by atoms with Crippen LogP contribution in [0.2, 0.25) is 0 Å². The Kier molecular flexibility index (Phi) is 5.64. The van der Waals surface area contributed by atoms with Gasteiger partial charge >= 0.3 is 16.2 Å². The van der Waals surface area contributed by atoms with Crippen molar-refractivity contribution in [2.75, 3.05) is 32.8 Å². The van der Waals surface area contributed by atoms with Gasteiger partial charge in [0.1, 0.15) is 18.8 Å². The first-order valence-corrected chi connectivity index (χ1v) is 8.25. The van der Waals surface area contributed by atoms with E-state index in [1.165, 1.54) is 4.57 Å². The Morgan fingerprint density at radius 3 is 2.70 bits per heavy atom. The van der Waals surface area contributed by atoms with E-state index in [9.17, 15) is 18.5 Å². The molecule has 1 aromatic rings. The minimum atomic E-state index is -4.68. The number of morpholine rings is 1. The minimum Gasteiger partial charge on any atom is -0.379 e. The average molecular weight is 350 g/mol. The second-order valence-electron chi connectivity index (χ2n) is 5.09. The molecule has 1 aromatic heterocycles. The predicted octanol–water partition coefficient (Wildman–Crippen LogP) is -0.380. The van der Waals surface area contributed by atoms with Crippen molar-refractivity contribution < 1.29 is 26.8 Å². The largest absolute Gasteiger partial charge is 0.397 e. The molecule has 1 fully saturated rings. The third-order valence-electron chi connectivity index (χ3n) is 3.43. The number of nitro groups is 1. The molecule has 0 radical (unpaired) electrons. The van der Waals surface area contributed by atoms with Gasteiger partial charge in [-0.3, -0.25) is 9.45 Å². The molecule has 0 bridgehead atoms. The van der Waals surface area contributed by atoms with Crippen LogP contribution >= 0.6 is 0 Å². The molecule has 0 aromatic carbocycles. The summed E-state index contributed by atoms with van der Waals surface area (Å²) in [6.45, 7) is 3.78. The first-order chi connectivity index (χ1) is 10.8. The summed E-state index contributed by atoms with van der Waals surface area (Å²) < 4.78 is 42.2. The molecule has 1 aliphatic heterocycles. The quantitative estimate of drug-likeness (QED) is 0.396. The fraction of sp³-hybridized carbons (Fsp3) is 0.727. The summed E-state index contributed by atoms with van der Waals surface area (Å²) in [6, 6.07) is 0. The molecule has 0 spiro atoms. The van der Waals surface area contributed by atoms with Crippen LogP contribution in [0.1, 0.15) is 5.82 Å². The molecule has 2 heterocycles. The lowest BCUT2D eigenvalue weighted by Gasteiger charge is -2.29. The molecule has 1 saturated heterocycles. The van der Waals surface area contributed by atoms with Gasteiger partial charge in [0.05, 0.1) is 13.2 Å². The Morgan fingerprint density at radius 2 is 2.13 bits per heavy atom. The molecule has 1 aliphatic rings. The van der Waals surface area contributed by atoms with E-state index in [4.69, 9.17) is 9.29 Å². The summed E-state index contributed by atoms with van der Waals surface area (Å²) in [4.78, 5) is 16.1. The topological polar surface area (TPSA) is 137 Å². The van der Waals surface area contributed by atoms with Crippen LogP contribution in [0.25, 0.3) is 0 Å². The predicted molar refractivity (Wildman–Crippen MR) is 77.3 cm³/mol. The van der Waals surface area contributed by atoms with E-state index in [1.807, 2.05) is 4.90 Å². The SMILES string of the molecule is Cc1ncc([N+](=O)[O-])n1CC(CN1CCOCC1)OS(=O)(=O)O. The van der Waals surface area contributed by atoms with Crippen LogP contribution in [0.15, 0.2) is 6.20 Å². The molecule has 1 atom stereocenters. The van der Waals surface area contributed by atoms with Gasteiger partial charge in [-0.1, -0.05) is 0 Å². The van der Waals surface area contributed by atoms with Crippen LogP contribution in [0.3, 0.4) is 0 Å². The summed E-state index contributed by atoms with van der Waals surface area (Å²) in [5.41, 5.74) is 0. The van der Waals surface area contributed by atoms with Gasteiger partial charge in [-0.05, 0) is 4.92 Å². The number of nitrogens with zero attached hydrogens (tertiary/aromatic N) is 4. The highest BCUT2D eigenvalue weighted by atomic mass is 32.3. The third kappa shape index (κ3) is 5.21. The molecule has 23 heavy (non-hydrogen) atoms. The van der Waals surface area contributed by atoms with Crippen LogP contribution in [-0.2, 0) is 25.9 Å². The zero-order valence-corrected chi connectivity index (χ0v) is 13.3. The van der Waals surface area contributed by atoms with E-state index >= 15 is 0 Å². The average Bonchev–Trinajstić information content (AvgIpc) is 2.79. The molecule has 12 heteroatoms. The smallest absolute Gasteiger partial charge is 0.379 e. The van der Waals surface area contributed by atoms with E-state index in [2.05, 4.69) is 9.17 Å². The number of hydrogen-bond acceptors (Lipinski definition) is 8. The molecular weight excluding hydrogens is 332 g/mol. The fourth-order valence-electron chi connectivity index (χ4n) is 2.39. The zero-order valence-electron chi connectivity index (χ0n) is 12.5. The van der Waals surface area contributed by atoms with Crippen LogP contribution in [0.5, 0.6) is 0 Å². The van der Waals surface area contributed by atoms with Crippen LogP contribution in [-0.4, -0.2) is 71.3 Å². The Labute approximate surface area is 132 Å². The number of rotatable bonds is 7. The van der Waals surface area contributed by atoms with Crippen molar-refractivity contribution in [3.8, 4) is 0 Å². The first kappa shape index (κ1) is 17.7. The number of imidazole rings is 1. The van der Waals surface area contributed by atoms with E-state index in [0.29, 0.717) is 32.1 Å². The Hall–Kier alpha value is -1.60. The van der Waals surface area contributed by atoms with E-state index in [-0.39, 0.29) is 18.9 Å². The standard InChI is InChI=1S/C11H18N4O7S/c1-9-12-6-11(15(16)17)14(9)8-10(22-23(18,19)20)7-13-2-4-21-5-3-13/h6,10H,2-5,7-8H2,1H3,(H,18,19,20). The van der Waals surface area contributed by atoms with E-state index < -0.39 is 21.4 Å². The number of aryl methyl sites for hydroxylation is 1. The normalized spacial score (nSPS) is 18.0. The maximum absolute atomic E-state index is 11.0. The molecule has 1 N–H and O–H groups in total. The lowest BCUT2D eigenvalue weighted by Crippen LogP contribution is -2.43. The summed E-state index contributed by atoms with van der Waals surface area (Å²) in [7, 11) is -4.68. The third-order valence-corrected chi connectivity index (χ3v) is 3.95. The zero-order chi connectivity index (χ0) is 17.0.